The van der Waals surface area contributed by atoms with Gasteiger partial charge in [-0.1, -0.05) is 25.0 Å². The molecule has 1 aliphatic rings. The lowest BCUT2D eigenvalue weighted by Crippen LogP contribution is -2.35. The number of benzene rings is 2. The van der Waals surface area contributed by atoms with Gasteiger partial charge >= 0.3 is 18.3 Å². The molecule has 0 atom stereocenters. The highest BCUT2D eigenvalue weighted by Gasteiger charge is 2.37. The average Bonchev–Trinajstić information content (AvgIpc) is 3.61. The van der Waals surface area contributed by atoms with Gasteiger partial charge in [-0.15, -0.1) is 17.5 Å². The molecule has 3 aromatic rings. The third-order valence-corrected chi connectivity index (χ3v) is 8.02. The van der Waals surface area contributed by atoms with Gasteiger partial charge in [0.2, 0.25) is 0 Å². The van der Waals surface area contributed by atoms with Crippen LogP contribution in [0.4, 0.5) is 38.0 Å². The maximum atomic E-state index is 13.2. The fourth-order valence-corrected chi connectivity index (χ4v) is 5.76. The van der Waals surface area contributed by atoms with Crippen molar-refractivity contribution in [2.24, 2.45) is 5.41 Å². The van der Waals surface area contributed by atoms with Gasteiger partial charge in [-0.25, -0.2) is 0 Å². The number of carbonyl (C=O) groups is 1. The van der Waals surface area contributed by atoms with Crippen LogP contribution in [-0.2, 0) is 49.5 Å². The van der Waals surface area contributed by atoms with E-state index >= 15 is 0 Å². The molecule has 1 aliphatic carbocycles. The van der Waals surface area contributed by atoms with Gasteiger partial charge in [-0.2, -0.15) is 31.1 Å². The van der Waals surface area contributed by atoms with E-state index in [1.54, 1.807) is 0 Å². The Morgan fingerprint density at radius 3 is 2.22 bits per heavy atom. The van der Waals surface area contributed by atoms with E-state index in [0.717, 1.165) is 54.8 Å². The summed E-state index contributed by atoms with van der Waals surface area (Å²) < 4.78 is 79.3. The monoisotopic (exact) mass is 676 g/mol. The zero-order chi connectivity index (χ0) is 33.0. The number of carboxylic acids is 1. The molecular formula is C31H39ClF6N6O2. The lowest BCUT2D eigenvalue weighted by molar-refractivity contribution is -0.143. The molecule has 254 valence electrons. The Hall–Kier alpha value is -3.55. The molecule has 0 saturated heterocycles. The number of nitrogens with zero attached hydrogens (tertiary/aromatic N) is 5. The van der Waals surface area contributed by atoms with Crippen LogP contribution in [0.3, 0.4) is 0 Å². The Morgan fingerprint density at radius 2 is 1.63 bits per heavy atom. The van der Waals surface area contributed by atoms with Crippen LogP contribution in [0.15, 0.2) is 30.3 Å². The highest BCUT2D eigenvalue weighted by molar-refractivity contribution is 5.85. The van der Waals surface area contributed by atoms with E-state index in [1.807, 2.05) is 0 Å². The van der Waals surface area contributed by atoms with E-state index in [1.165, 1.54) is 11.1 Å². The minimum atomic E-state index is -4.92. The van der Waals surface area contributed by atoms with Crippen molar-refractivity contribution < 1.29 is 36.2 Å². The summed E-state index contributed by atoms with van der Waals surface area (Å²) in [4.78, 5) is 14.4. The predicted molar refractivity (Wildman–Crippen MR) is 164 cm³/mol. The standard InChI is InChI=1S/C31H38F6N6O2.ClH/c1-4-42(19-29(2,3)11-6-9-27(44)45)26-16-22-8-5-7-21(22)15-23(26)18-38-28-39-41-43(40-28)12-10-20-13-24(30(32,33)34)17-25(14-20)31(35,36)37;/h13-17H,4-12,18-19H2,1-3H3,(H,38,40)(H,44,45);1H. The van der Waals surface area contributed by atoms with E-state index in [4.69, 9.17) is 5.11 Å². The molecule has 8 nitrogen and oxygen atoms in total. The molecule has 1 aromatic heterocycles. The minimum Gasteiger partial charge on any atom is -0.481 e. The molecule has 0 fully saturated rings. The Balaban J connectivity index is 0.00000576. The second kappa shape index (κ2) is 14.9. The number of hydrogen-bond acceptors (Lipinski definition) is 6. The minimum absolute atomic E-state index is 0. The number of aliphatic carboxylic acids is 1. The molecule has 0 amide bonds. The van der Waals surface area contributed by atoms with Crippen molar-refractivity contribution in [2.75, 3.05) is 23.3 Å². The van der Waals surface area contributed by atoms with Gasteiger partial charge in [0.1, 0.15) is 0 Å². The summed E-state index contributed by atoms with van der Waals surface area (Å²) in [5.74, 6) is -0.625. The van der Waals surface area contributed by atoms with E-state index in [9.17, 15) is 31.1 Å². The highest BCUT2D eigenvalue weighted by atomic mass is 35.5. The number of nitrogens with one attached hydrogen (secondary N) is 1. The predicted octanol–water partition coefficient (Wildman–Crippen LogP) is 7.58. The summed E-state index contributed by atoms with van der Waals surface area (Å²) in [6.07, 6.45) is -5.45. The van der Waals surface area contributed by atoms with Gasteiger partial charge in [0.15, 0.2) is 0 Å². The Labute approximate surface area is 270 Å². The van der Waals surface area contributed by atoms with Crippen molar-refractivity contribution in [3.8, 4) is 0 Å². The fourth-order valence-electron chi connectivity index (χ4n) is 5.76. The lowest BCUT2D eigenvalue weighted by atomic mass is 9.86. The van der Waals surface area contributed by atoms with Gasteiger partial charge in [0.25, 0.3) is 5.95 Å². The number of hydrogen-bond donors (Lipinski definition) is 2. The molecule has 0 bridgehead atoms. The molecule has 0 saturated carbocycles. The second-order valence-electron chi connectivity index (χ2n) is 12.3. The Morgan fingerprint density at radius 1 is 1.00 bits per heavy atom. The van der Waals surface area contributed by atoms with E-state index < -0.39 is 29.4 Å². The van der Waals surface area contributed by atoms with Crippen LogP contribution in [0.5, 0.6) is 0 Å². The summed E-state index contributed by atoms with van der Waals surface area (Å²) in [6.45, 7) is 8.11. The van der Waals surface area contributed by atoms with Gasteiger partial charge in [0.05, 0.1) is 17.7 Å². The Bertz CT molecular complexity index is 1460. The highest BCUT2D eigenvalue weighted by Crippen LogP contribution is 2.37. The first-order chi connectivity index (χ1) is 21.0. The molecule has 2 N–H and O–H groups in total. The zero-order valence-corrected chi connectivity index (χ0v) is 26.7. The summed E-state index contributed by atoms with van der Waals surface area (Å²) in [6, 6.07) is 5.92. The lowest BCUT2D eigenvalue weighted by Gasteiger charge is -2.35. The fraction of sp³-hybridized carbons (Fsp3) is 0.548. The third kappa shape index (κ3) is 9.97. The number of alkyl halides is 6. The van der Waals surface area contributed by atoms with Crippen molar-refractivity contribution in [2.45, 2.75) is 91.2 Å². The largest absolute Gasteiger partial charge is 0.481 e. The summed E-state index contributed by atoms with van der Waals surface area (Å²) >= 11 is 0. The SMILES string of the molecule is CCN(CC(C)(C)CCCC(=O)O)c1cc2c(cc1CNc1nnn(CCc3cc(C(F)(F)F)cc(C(F)(F)F)c3)n1)CCC2.Cl. The van der Waals surface area contributed by atoms with E-state index in [-0.39, 0.29) is 54.8 Å². The number of halogens is 7. The number of aromatic nitrogens is 4. The number of aryl methyl sites for hydroxylation is 4. The van der Waals surface area contributed by atoms with Crippen LogP contribution in [-0.4, -0.2) is 44.4 Å². The molecular weight excluding hydrogens is 638 g/mol. The summed E-state index contributed by atoms with van der Waals surface area (Å²) in [7, 11) is 0. The molecule has 2 aromatic carbocycles. The summed E-state index contributed by atoms with van der Waals surface area (Å²) in [5, 5.41) is 24.3. The average molecular weight is 677 g/mol. The Kier molecular flexibility index (Phi) is 12.0. The number of anilines is 2. The first kappa shape index (κ1) is 36.9. The first-order valence-electron chi connectivity index (χ1n) is 15.0. The van der Waals surface area contributed by atoms with Crippen molar-refractivity contribution in [1.29, 1.82) is 0 Å². The maximum Gasteiger partial charge on any atom is 0.416 e. The number of tetrazole rings is 1. The molecule has 0 radical (unpaired) electrons. The number of fused-ring (bicyclic) bond motifs is 1. The number of rotatable bonds is 14. The molecule has 0 aliphatic heterocycles. The molecule has 15 heteroatoms. The van der Waals surface area contributed by atoms with Crippen molar-refractivity contribution >= 4 is 30.0 Å². The van der Waals surface area contributed by atoms with Crippen molar-refractivity contribution in [3.05, 3.63) is 63.7 Å². The molecule has 1 heterocycles. The van der Waals surface area contributed by atoms with Crippen LogP contribution >= 0.6 is 12.4 Å². The topological polar surface area (TPSA) is 96.2 Å². The quantitative estimate of drug-likeness (QED) is 0.170. The molecule has 0 spiro atoms. The van der Waals surface area contributed by atoms with E-state index in [2.05, 4.69) is 58.5 Å². The van der Waals surface area contributed by atoms with Gasteiger partial charge in [-0.05, 0) is 103 Å². The van der Waals surface area contributed by atoms with Gasteiger partial charge in [-0.3, -0.25) is 4.79 Å². The van der Waals surface area contributed by atoms with E-state index in [0.29, 0.717) is 25.1 Å². The zero-order valence-electron chi connectivity index (χ0n) is 25.9. The van der Waals surface area contributed by atoms with Gasteiger partial charge < -0.3 is 15.3 Å². The molecule has 0 unspecified atom stereocenters. The summed E-state index contributed by atoms with van der Waals surface area (Å²) in [5.41, 5.74) is 1.68. The van der Waals surface area contributed by atoms with Crippen LogP contribution in [0.1, 0.15) is 79.8 Å². The van der Waals surface area contributed by atoms with Crippen LogP contribution in [0, 0.1) is 5.41 Å². The van der Waals surface area contributed by atoms with Crippen LogP contribution < -0.4 is 10.2 Å². The van der Waals surface area contributed by atoms with Crippen molar-refractivity contribution in [1.82, 2.24) is 20.2 Å². The first-order valence-corrected chi connectivity index (χ1v) is 15.0. The van der Waals surface area contributed by atoms with Gasteiger partial charge in [0, 0.05) is 31.7 Å². The molecule has 4 rings (SSSR count). The molecule has 46 heavy (non-hydrogen) atoms. The second-order valence-corrected chi connectivity index (χ2v) is 12.3. The smallest absolute Gasteiger partial charge is 0.416 e. The van der Waals surface area contributed by atoms with Crippen molar-refractivity contribution in [3.63, 3.8) is 0 Å². The number of carboxylic acid groups (broad SMARTS) is 1. The van der Waals surface area contributed by atoms with Crippen LogP contribution in [0.2, 0.25) is 0 Å². The normalized spacial score (nSPS) is 13.3. The maximum absolute atomic E-state index is 13.2. The third-order valence-electron chi connectivity index (χ3n) is 8.02. The van der Waals surface area contributed by atoms with Crippen LogP contribution in [0.25, 0.3) is 0 Å².